The van der Waals surface area contributed by atoms with Gasteiger partial charge in [-0.2, -0.15) is 5.06 Å². The standard InChI is InChI=1S/C28H27N3O5/c1-19-17-21(28(34)31(36-3)23-5-4-16-29-18-23)8-13-25(19)30-22(10-15-27(32)33)9-14-26(30)20-6-11-24(35-2)12-7-20/h4-9,11-14,16-18H,10,15H2,1-3H3,(H,32,33). The van der Waals surface area contributed by atoms with Crippen LogP contribution in [0.1, 0.15) is 28.0 Å². The van der Waals surface area contributed by atoms with E-state index in [0.717, 1.165) is 34.0 Å². The van der Waals surface area contributed by atoms with E-state index in [4.69, 9.17) is 9.57 Å². The van der Waals surface area contributed by atoms with Crippen molar-refractivity contribution in [1.82, 2.24) is 9.55 Å². The van der Waals surface area contributed by atoms with Gasteiger partial charge in [-0.05, 0) is 91.2 Å². The van der Waals surface area contributed by atoms with Gasteiger partial charge >= 0.3 is 5.97 Å². The highest BCUT2D eigenvalue weighted by Crippen LogP contribution is 2.31. The summed E-state index contributed by atoms with van der Waals surface area (Å²) in [6.45, 7) is 1.92. The van der Waals surface area contributed by atoms with Crippen molar-refractivity contribution in [3.8, 4) is 22.7 Å². The van der Waals surface area contributed by atoms with Gasteiger partial charge in [-0.1, -0.05) is 0 Å². The van der Waals surface area contributed by atoms with Crippen molar-refractivity contribution in [3.63, 3.8) is 0 Å². The fourth-order valence-electron chi connectivity index (χ4n) is 4.12. The molecule has 0 aliphatic rings. The lowest BCUT2D eigenvalue weighted by Gasteiger charge is -2.21. The molecule has 0 unspecified atom stereocenters. The van der Waals surface area contributed by atoms with Crippen LogP contribution >= 0.6 is 0 Å². The van der Waals surface area contributed by atoms with Crippen LogP contribution in [0, 0.1) is 6.92 Å². The summed E-state index contributed by atoms with van der Waals surface area (Å²) in [5.41, 5.74) is 5.41. The average Bonchev–Trinajstić information content (AvgIpc) is 3.32. The van der Waals surface area contributed by atoms with Crippen molar-refractivity contribution >= 4 is 17.6 Å². The lowest BCUT2D eigenvalue weighted by molar-refractivity contribution is -0.136. The second-order valence-electron chi connectivity index (χ2n) is 8.16. The minimum Gasteiger partial charge on any atom is -0.497 e. The van der Waals surface area contributed by atoms with Crippen molar-refractivity contribution in [2.45, 2.75) is 19.8 Å². The summed E-state index contributed by atoms with van der Waals surface area (Å²) < 4.78 is 7.33. The molecule has 0 saturated carbocycles. The first-order valence-corrected chi connectivity index (χ1v) is 11.4. The number of carbonyl (C=O) groups excluding carboxylic acids is 1. The molecule has 2 aromatic heterocycles. The first kappa shape index (κ1) is 24.7. The number of ether oxygens (including phenoxy) is 1. The molecule has 0 aliphatic carbocycles. The van der Waals surface area contributed by atoms with E-state index < -0.39 is 5.97 Å². The highest BCUT2D eigenvalue weighted by atomic mass is 16.7. The molecule has 2 heterocycles. The molecule has 0 spiro atoms. The third kappa shape index (κ3) is 5.13. The van der Waals surface area contributed by atoms with Gasteiger partial charge in [0.15, 0.2) is 0 Å². The molecule has 8 heteroatoms. The Bertz CT molecular complexity index is 1360. The Hall–Kier alpha value is -4.43. The fraction of sp³-hybridized carbons (Fsp3) is 0.179. The van der Waals surface area contributed by atoms with Gasteiger partial charge in [0.05, 0.1) is 38.2 Å². The molecule has 1 amide bonds. The molecule has 0 radical (unpaired) electrons. The first-order valence-electron chi connectivity index (χ1n) is 11.4. The van der Waals surface area contributed by atoms with Crippen molar-refractivity contribution in [2.24, 2.45) is 0 Å². The molecule has 0 fully saturated rings. The minimum atomic E-state index is -0.860. The van der Waals surface area contributed by atoms with E-state index in [1.54, 1.807) is 43.8 Å². The van der Waals surface area contributed by atoms with Gasteiger partial charge in [-0.15, -0.1) is 0 Å². The summed E-state index contributed by atoms with van der Waals surface area (Å²) in [7, 11) is 3.05. The van der Waals surface area contributed by atoms with Crippen LogP contribution in [0.3, 0.4) is 0 Å². The highest BCUT2D eigenvalue weighted by molar-refractivity contribution is 6.04. The largest absolute Gasteiger partial charge is 0.497 e. The van der Waals surface area contributed by atoms with Crippen molar-refractivity contribution < 1.29 is 24.3 Å². The molecular weight excluding hydrogens is 458 g/mol. The SMILES string of the molecule is COc1ccc(-c2ccc(CCC(=O)O)n2-c2ccc(C(=O)N(OC)c3cccnc3)cc2C)cc1. The molecule has 4 aromatic rings. The maximum absolute atomic E-state index is 13.2. The molecule has 184 valence electrons. The number of pyridine rings is 1. The molecule has 1 N–H and O–H groups in total. The van der Waals surface area contributed by atoms with E-state index in [1.807, 2.05) is 54.0 Å². The normalized spacial score (nSPS) is 10.8. The zero-order valence-electron chi connectivity index (χ0n) is 20.3. The third-order valence-corrected chi connectivity index (χ3v) is 5.87. The number of benzene rings is 2. The van der Waals surface area contributed by atoms with E-state index in [2.05, 4.69) is 4.98 Å². The molecule has 2 aromatic carbocycles. The third-order valence-electron chi connectivity index (χ3n) is 5.87. The van der Waals surface area contributed by atoms with Crippen LogP contribution in [0.25, 0.3) is 16.9 Å². The van der Waals surface area contributed by atoms with Crippen LogP contribution in [0.15, 0.2) is 79.1 Å². The number of hydrogen-bond acceptors (Lipinski definition) is 5. The smallest absolute Gasteiger partial charge is 0.303 e. The van der Waals surface area contributed by atoms with Crippen molar-refractivity contribution in [3.05, 3.63) is 95.9 Å². The van der Waals surface area contributed by atoms with Crippen LogP contribution in [0.4, 0.5) is 5.69 Å². The van der Waals surface area contributed by atoms with Crippen LogP contribution in [-0.2, 0) is 16.1 Å². The number of aromatic nitrogens is 2. The molecule has 4 rings (SSSR count). The number of amides is 1. The lowest BCUT2D eigenvalue weighted by atomic mass is 10.1. The zero-order valence-corrected chi connectivity index (χ0v) is 20.3. The summed E-state index contributed by atoms with van der Waals surface area (Å²) in [6.07, 6.45) is 3.55. The molecular formula is C28H27N3O5. The average molecular weight is 486 g/mol. The number of nitrogens with zero attached hydrogens (tertiary/aromatic N) is 3. The zero-order chi connectivity index (χ0) is 25.7. The maximum Gasteiger partial charge on any atom is 0.303 e. The number of hydrogen-bond donors (Lipinski definition) is 1. The quantitative estimate of drug-likeness (QED) is 0.332. The summed E-state index contributed by atoms with van der Waals surface area (Å²) in [5, 5.41) is 10.5. The van der Waals surface area contributed by atoms with Gasteiger partial charge in [0, 0.05) is 23.1 Å². The van der Waals surface area contributed by atoms with Gasteiger partial charge in [-0.3, -0.25) is 19.4 Å². The van der Waals surface area contributed by atoms with Crippen molar-refractivity contribution in [2.75, 3.05) is 19.3 Å². The Balaban J connectivity index is 1.75. The first-order chi connectivity index (χ1) is 17.4. The molecule has 8 nitrogen and oxygen atoms in total. The van der Waals surface area contributed by atoms with E-state index in [9.17, 15) is 14.7 Å². The number of hydroxylamine groups is 1. The van der Waals surface area contributed by atoms with E-state index in [0.29, 0.717) is 17.7 Å². The van der Waals surface area contributed by atoms with Crippen LogP contribution in [0.2, 0.25) is 0 Å². The second kappa shape index (κ2) is 10.9. The summed E-state index contributed by atoms with van der Waals surface area (Å²) >= 11 is 0. The van der Waals surface area contributed by atoms with Gasteiger partial charge in [0.2, 0.25) is 0 Å². The Labute approximate surface area is 209 Å². The minimum absolute atomic E-state index is 0.00952. The number of carboxylic acid groups (broad SMARTS) is 1. The number of anilines is 1. The lowest BCUT2D eigenvalue weighted by Crippen LogP contribution is -2.30. The van der Waals surface area contributed by atoms with E-state index >= 15 is 0 Å². The van der Waals surface area contributed by atoms with Gasteiger partial charge in [-0.25, -0.2) is 0 Å². The number of methoxy groups -OCH3 is 1. The van der Waals surface area contributed by atoms with Gasteiger partial charge < -0.3 is 14.4 Å². The predicted molar refractivity (Wildman–Crippen MR) is 137 cm³/mol. The fourth-order valence-corrected chi connectivity index (χ4v) is 4.12. The Kier molecular flexibility index (Phi) is 7.46. The molecule has 0 aliphatic heterocycles. The predicted octanol–water partition coefficient (Wildman–Crippen LogP) is 5.08. The van der Waals surface area contributed by atoms with Crippen LogP contribution < -0.4 is 9.80 Å². The van der Waals surface area contributed by atoms with Gasteiger partial charge in [0.1, 0.15) is 5.75 Å². The molecule has 36 heavy (non-hydrogen) atoms. The number of carbonyl (C=O) groups is 2. The van der Waals surface area contributed by atoms with Crippen LogP contribution in [0.5, 0.6) is 5.75 Å². The molecule has 0 saturated heterocycles. The summed E-state index contributed by atoms with van der Waals surface area (Å²) in [5.74, 6) is -0.436. The summed E-state index contributed by atoms with van der Waals surface area (Å²) in [6, 6.07) is 20.5. The van der Waals surface area contributed by atoms with E-state index in [1.165, 1.54) is 12.2 Å². The molecule has 0 bridgehead atoms. The second-order valence-corrected chi connectivity index (χ2v) is 8.16. The van der Waals surface area contributed by atoms with Crippen LogP contribution in [-0.4, -0.2) is 40.8 Å². The molecule has 0 atom stereocenters. The van der Waals surface area contributed by atoms with Gasteiger partial charge in [0.25, 0.3) is 5.91 Å². The topological polar surface area (TPSA) is 93.9 Å². The number of carboxylic acids is 1. The Morgan fingerprint density at radius 1 is 1.03 bits per heavy atom. The highest BCUT2D eigenvalue weighted by Gasteiger charge is 2.20. The number of aliphatic carboxylic acids is 1. The summed E-state index contributed by atoms with van der Waals surface area (Å²) in [4.78, 5) is 33.9. The Morgan fingerprint density at radius 3 is 2.42 bits per heavy atom. The number of aryl methyl sites for hydroxylation is 2. The Morgan fingerprint density at radius 2 is 1.81 bits per heavy atom. The maximum atomic E-state index is 13.2. The number of rotatable bonds is 9. The van der Waals surface area contributed by atoms with E-state index in [-0.39, 0.29) is 12.3 Å². The van der Waals surface area contributed by atoms with Crippen molar-refractivity contribution in [1.29, 1.82) is 0 Å². The monoisotopic (exact) mass is 485 g/mol.